The molecule has 0 aromatic carbocycles. The van der Waals surface area contributed by atoms with Crippen LogP contribution in [0.5, 0.6) is 0 Å². The number of nitrogens with two attached hydrogens (primary N) is 2. The molecule has 0 spiro atoms. The van der Waals surface area contributed by atoms with Gasteiger partial charge in [0.25, 0.3) is 0 Å². The first kappa shape index (κ1) is 44.2. The van der Waals surface area contributed by atoms with Crippen LogP contribution in [0.2, 0.25) is 0 Å². The summed E-state index contributed by atoms with van der Waals surface area (Å²) in [5.74, 6) is -10.1. The summed E-state index contributed by atoms with van der Waals surface area (Å²) in [5, 5.41) is 39.5. The van der Waals surface area contributed by atoms with Gasteiger partial charge in [-0.05, 0) is 38.0 Å². The molecule has 0 saturated carbocycles. The minimum atomic E-state index is -1.65. The molecule has 278 valence electrons. The molecule has 0 saturated heterocycles. The van der Waals surface area contributed by atoms with Crippen LogP contribution in [0.4, 0.5) is 0 Å². The molecule has 19 nitrogen and oxygen atoms in total. The van der Waals surface area contributed by atoms with Crippen LogP contribution in [-0.2, 0) is 43.2 Å². The summed E-state index contributed by atoms with van der Waals surface area (Å²) >= 11 is 0. The summed E-state index contributed by atoms with van der Waals surface area (Å²) in [6.45, 7) is 8.42. The Bertz CT molecular complexity index is 1210. The number of aliphatic carboxylic acids is 3. The molecule has 0 radical (unpaired) electrons. The number of amides is 6. The zero-order valence-corrected chi connectivity index (χ0v) is 28.4. The summed E-state index contributed by atoms with van der Waals surface area (Å²) in [4.78, 5) is 110. The van der Waals surface area contributed by atoms with E-state index in [2.05, 4.69) is 26.6 Å². The van der Waals surface area contributed by atoms with Crippen LogP contribution >= 0.6 is 0 Å². The van der Waals surface area contributed by atoms with Crippen LogP contribution in [-0.4, -0.2) is 105 Å². The van der Waals surface area contributed by atoms with Gasteiger partial charge in [-0.3, -0.25) is 38.4 Å². The quantitative estimate of drug-likeness (QED) is 0.0518. The zero-order valence-electron chi connectivity index (χ0n) is 28.4. The van der Waals surface area contributed by atoms with Crippen molar-refractivity contribution in [3.8, 4) is 0 Å². The summed E-state index contributed by atoms with van der Waals surface area (Å²) in [5.41, 5.74) is 11.0. The number of rotatable bonds is 24. The summed E-state index contributed by atoms with van der Waals surface area (Å²) in [6, 6.07) is -8.14. The lowest BCUT2D eigenvalue weighted by Gasteiger charge is -2.28. The fourth-order valence-electron chi connectivity index (χ4n) is 4.29. The average molecular weight is 702 g/mol. The largest absolute Gasteiger partial charge is 0.481 e. The number of hydrogen-bond donors (Lipinski definition) is 10. The van der Waals surface area contributed by atoms with Crippen molar-refractivity contribution in [3.63, 3.8) is 0 Å². The van der Waals surface area contributed by atoms with Crippen molar-refractivity contribution in [1.29, 1.82) is 0 Å². The van der Waals surface area contributed by atoms with E-state index in [0.29, 0.717) is 12.8 Å². The standard InChI is InChI=1S/C30H51N7O12/c1-6-14(3)23(32)28(46)37-24(15(4)7-2)29(47)33-16(5)25(43)34-17(9-12-21(39)40)26(44)35-18(10-13-22(41)42)27(45)36-19(30(48)49)8-11-20(31)38/h14-19,23-24H,6-13,32H2,1-5H3,(H2,31,38)(H,33,47)(H,34,43)(H,35,44)(H,36,45)(H,37,46)(H,39,40)(H,41,42)(H,48,49). The van der Waals surface area contributed by atoms with Gasteiger partial charge in [0, 0.05) is 19.3 Å². The first-order valence-corrected chi connectivity index (χ1v) is 16.0. The van der Waals surface area contributed by atoms with Gasteiger partial charge in [0.05, 0.1) is 6.04 Å². The zero-order chi connectivity index (χ0) is 38.0. The second-order valence-electron chi connectivity index (χ2n) is 11.9. The fourth-order valence-corrected chi connectivity index (χ4v) is 4.29. The Balaban J connectivity index is 5.96. The molecule has 0 rings (SSSR count). The molecule has 0 aromatic heterocycles. The molecular formula is C30H51N7O12. The van der Waals surface area contributed by atoms with Crippen LogP contribution in [0, 0.1) is 11.8 Å². The van der Waals surface area contributed by atoms with E-state index in [1.165, 1.54) is 6.92 Å². The predicted octanol–water partition coefficient (Wildman–Crippen LogP) is -2.07. The number of carbonyl (C=O) groups excluding carboxylic acids is 6. The van der Waals surface area contributed by atoms with Gasteiger partial charge in [-0.15, -0.1) is 0 Å². The second kappa shape index (κ2) is 21.9. The monoisotopic (exact) mass is 701 g/mol. The van der Waals surface area contributed by atoms with Gasteiger partial charge in [0.2, 0.25) is 35.4 Å². The minimum Gasteiger partial charge on any atom is -0.481 e. The fraction of sp³-hybridized carbons (Fsp3) is 0.700. The first-order chi connectivity index (χ1) is 22.7. The van der Waals surface area contributed by atoms with Crippen LogP contribution < -0.4 is 38.1 Å². The Hall–Kier alpha value is -4.81. The highest BCUT2D eigenvalue weighted by atomic mass is 16.4. The van der Waals surface area contributed by atoms with Crippen molar-refractivity contribution in [2.75, 3.05) is 0 Å². The van der Waals surface area contributed by atoms with E-state index in [1.54, 1.807) is 20.8 Å². The average Bonchev–Trinajstić information content (AvgIpc) is 3.03. The lowest BCUT2D eigenvalue weighted by molar-refractivity contribution is -0.143. The summed E-state index contributed by atoms with van der Waals surface area (Å²) < 4.78 is 0. The van der Waals surface area contributed by atoms with Gasteiger partial charge in [-0.2, -0.15) is 0 Å². The molecular weight excluding hydrogens is 650 g/mol. The van der Waals surface area contributed by atoms with E-state index in [0.717, 1.165) is 0 Å². The molecule has 0 aliphatic rings. The molecule has 8 atom stereocenters. The third kappa shape index (κ3) is 16.7. The second-order valence-corrected chi connectivity index (χ2v) is 11.9. The Morgan fingerprint density at radius 1 is 0.551 bits per heavy atom. The molecule has 0 aliphatic carbocycles. The number of nitrogens with one attached hydrogen (secondary N) is 5. The van der Waals surface area contributed by atoms with Crippen LogP contribution in [0.25, 0.3) is 0 Å². The molecule has 0 fully saturated rings. The molecule has 8 unspecified atom stereocenters. The molecule has 0 aliphatic heterocycles. The number of carboxylic acid groups (broad SMARTS) is 3. The van der Waals surface area contributed by atoms with Gasteiger partial charge in [0.1, 0.15) is 30.2 Å². The smallest absolute Gasteiger partial charge is 0.326 e. The van der Waals surface area contributed by atoms with Gasteiger partial charge in [-0.1, -0.05) is 40.5 Å². The Morgan fingerprint density at radius 3 is 1.39 bits per heavy atom. The normalized spacial score (nSPS) is 15.8. The molecule has 19 heteroatoms. The van der Waals surface area contributed by atoms with Gasteiger partial charge in [-0.25, -0.2) is 4.79 Å². The topological polar surface area (TPSA) is 327 Å². The minimum absolute atomic E-state index is 0.172. The molecule has 12 N–H and O–H groups in total. The van der Waals surface area contributed by atoms with Crippen molar-refractivity contribution in [2.45, 2.75) is 122 Å². The lowest BCUT2D eigenvalue weighted by Crippen LogP contribution is -2.59. The highest BCUT2D eigenvalue weighted by Gasteiger charge is 2.33. The highest BCUT2D eigenvalue weighted by Crippen LogP contribution is 2.12. The van der Waals surface area contributed by atoms with Crippen molar-refractivity contribution < 1.29 is 58.5 Å². The van der Waals surface area contributed by atoms with Gasteiger partial charge < -0.3 is 53.4 Å². The van der Waals surface area contributed by atoms with Crippen molar-refractivity contribution in [3.05, 3.63) is 0 Å². The molecule has 6 amide bonds. The van der Waals surface area contributed by atoms with Crippen LogP contribution in [0.15, 0.2) is 0 Å². The number of carboxylic acids is 3. The van der Waals surface area contributed by atoms with E-state index < -0.39 is 128 Å². The van der Waals surface area contributed by atoms with Gasteiger partial charge in [0.15, 0.2) is 0 Å². The Kier molecular flexibility index (Phi) is 19.8. The molecule has 0 heterocycles. The maximum absolute atomic E-state index is 13.3. The van der Waals surface area contributed by atoms with E-state index in [4.69, 9.17) is 16.6 Å². The number of primary amides is 1. The molecule has 0 aromatic rings. The van der Waals surface area contributed by atoms with E-state index in [1.807, 2.05) is 6.92 Å². The maximum Gasteiger partial charge on any atom is 0.326 e. The van der Waals surface area contributed by atoms with Gasteiger partial charge >= 0.3 is 17.9 Å². The Morgan fingerprint density at radius 2 is 0.980 bits per heavy atom. The molecule has 0 bridgehead atoms. The third-order valence-electron chi connectivity index (χ3n) is 7.96. The van der Waals surface area contributed by atoms with E-state index in [9.17, 15) is 53.4 Å². The molecule has 49 heavy (non-hydrogen) atoms. The lowest BCUT2D eigenvalue weighted by atomic mass is 9.95. The van der Waals surface area contributed by atoms with E-state index in [-0.39, 0.29) is 11.8 Å². The summed E-state index contributed by atoms with van der Waals surface area (Å²) in [7, 11) is 0. The SMILES string of the molecule is CCC(C)C(N)C(=O)NC(C(=O)NC(C)C(=O)NC(CCC(=O)O)C(=O)NC(CCC(=O)O)C(=O)NC(CCC(N)=O)C(=O)O)C(C)CC. The highest BCUT2D eigenvalue weighted by molar-refractivity contribution is 5.96. The Labute approximate surface area is 284 Å². The van der Waals surface area contributed by atoms with Crippen LogP contribution in [0.3, 0.4) is 0 Å². The van der Waals surface area contributed by atoms with Crippen LogP contribution in [0.1, 0.15) is 86.0 Å². The van der Waals surface area contributed by atoms with Crippen molar-refractivity contribution >= 4 is 53.4 Å². The van der Waals surface area contributed by atoms with Crippen molar-refractivity contribution in [2.24, 2.45) is 23.3 Å². The number of hydrogen-bond acceptors (Lipinski definition) is 10. The predicted molar refractivity (Wildman–Crippen MR) is 172 cm³/mol. The third-order valence-corrected chi connectivity index (χ3v) is 7.96. The number of carbonyl (C=O) groups is 9. The maximum atomic E-state index is 13.3. The van der Waals surface area contributed by atoms with Crippen molar-refractivity contribution in [1.82, 2.24) is 26.6 Å². The first-order valence-electron chi connectivity index (χ1n) is 16.0. The van der Waals surface area contributed by atoms with E-state index >= 15 is 0 Å². The summed E-state index contributed by atoms with van der Waals surface area (Å²) in [6.07, 6.45) is -2.00.